The summed E-state index contributed by atoms with van der Waals surface area (Å²) >= 11 is 0. The van der Waals surface area contributed by atoms with Crippen molar-refractivity contribution in [3.8, 4) is 6.07 Å². The normalized spacial score (nSPS) is 21.7. The van der Waals surface area contributed by atoms with Crippen LogP contribution in [0.4, 0.5) is 18.9 Å². The van der Waals surface area contributed by atoms with E-state index in [1.54, 1.807) is 9.80 Å². The zero-order chi connectivity index (χ0) is 18.9. The van der Waals surface area contributed by atoms with Crippen LogP contribution in [0.25, 0.3) is 0 Å². The van der Waals surface area contributed by atoms with E-state index in [1.807, 2.05) is 18.0 Å². The summed E-state index contributed by atoms with van der Waals surface area (Å²) in [5.41, 5.74) is -0.535. The zero-order valence-electron chi connectivity index (χ0n) is 14.6. The van der Waals surface area contributed by atoms with Gasteiger partial charge in [-0.25, -0.2) is 0 Å². The number of nitrogens with zero attached hydrogens (tertiary/aromatic N) is 4. The molecule has 1 atom stereocenters. The van der Waals surface area contributed by atoms with Gasteiger partial charge in [-0.05, 0) is 44.6 Å². The van der Waals surface area contributed by atoms with E-state index in [2.05, 4.69) is 0 Å². The molecule has 0 spiro atoms. The van der Waals surface area contributed by atoms with E-state index in [4.69, 9.17) is 5.26 Å². The average Bonchev–Trinajstić information content (AvgIpc) is 3.06. The molecule has 1 aromatic carbocycles. The van der Waals surface area contributed by atoms with Crippen LogP contribution in [-0.2, 0) is 11.0 Å². The van der Waals surface area contributed by atoms with Gasteiger partial charge in [-0.2, -0.15) is 18.4 Å². The highest BCUT2D eigenvalue weighted by atomic mass is 19.4. The van der Waals surface area contributed by atoms with Gasteiger partial charge >= 0.3 is 6.18 Å². The molecule has 0 radical (unpaired) electrons. The molecular formula is C18H21F3N4O. The summed E-state index contributed by atoms with van der Waals surface area (Å²) in [6.45, 7) is 2.31. The summed E-state index contributed by atoms with van der Waals surface area (Å²) < 4.78 is 39.9. The Morgan fingerprint density at radius 1 is 1.19 bits per heavy atom. The van der Waals surface area contributed by atoms with Crippen LogP contribution in [0.3, 0.4) is 0 Å². The van der Waals surface area contributed by atoms with Gasteiger partial charge in [-0.1, -0.05) is 0 Å². The summed E-state index contributed by atoms with van der Waals surface area (Å²) in [7, 11) is 1.93. The van der Waals surface area contributed by atoms with E-state index in [-0.39, 0.29) is 23.2 Å². The quantitative estimate of drug-likeness (QED) is 0.806. The number of likely N-dealkylation sites (N-methyl/N-ethyl adjacent to an activating group) is 1. The number of anilines is 1. The van der Waals surface area contributed by atoms with Crippen molar-refractivity contribution in [1.29, 1.82) is 5.26 Å². The first-order chi connectivity index (χ1) is 12.3. The fourth-order valence-electron chi connectivity index (χ4n) is 3.70. The highest BCUT2D eigenvalue weighted by molar-refractivity contribution is 5.82. The summed E-state index contributed by atoms with van der Waals surface area (Å²) in [5.74, 6) is 0.0615. The molecule has 5 nitrogen and oxygen atoms in total. The largest absolute Gasteiger partial charge is 0.418 e. The molecule has 0 bridgehead atoms. The number of hydrogen-bond donors (Lipinski definition) is 0. The van der Waals surface area contributed by atoms with Crippen LogP contribution in [0.15, 0.2) is 18.2 Å². The van der Waals surface area contributed by atoms with Crippen molar-refractivity contribution in [1.82, 2.24) is 9.80 Å². The molecule has 2 heterocycles. The SMILES string of the molecule is CN1CCCC1C(=O)N1CCN(c2cc(C#N)ccc2C(F)(F)F)CC1. The van der Waals surface area contributed by atoms with Gasteiger partial charge in [0.2, 0.25) is 5.91 Å². The molecule has 1 aromatic rings. The lowest BCUT2D eigenvalue weighted by Gasteiger charge is -2.38. The van der Waals surface area contributed by atoms with E-state index in [0.29, 0.717) is 26.2 Å². The van der Waals surface area contributed by atoms with E-state index in [0.717, 1.165) is 25.5 Å². The number of halogens is 3. The minimum Gasteiger partial charge on any atom is -0.367 e. The minimum absolute atomic E-state index is 0.0154. The third-order valence-electron chi connectivity index (χ3n) is 5.17. The Bertz CT molecular complexity index is 720. The van der Waals surface area contributed by atoms with Gasteiger partial charge < -0.3 is 9.80 Å². The maximum absolute atomic E-state index is 13.3. The number of rotatable bonds is 2. The third-order valence-corrected chi connectivity index (χ3v) is 5.17. The zero-order valence-corrected chi connectivity index (χ0v) is 14.6. The first-order valence-corrected chi connectivity index (χ1v) is 8.66. The van der Waals surface area contributed by atoms with Gasteiger partial charge in [0.05, 0.1) is 28.9 Å². The van der Waals surface area contributed by atoms with Gasteiger partial charge in [-0.3, -0.25) is 9.69 Å². The van der Waals surface area contributed by atoms with Crippen LogP contribution in [0.1, 0.15) is 24.0 Å². The molecule has 1 amide bonds. The van der Waals surface area contributed by atoms with Gasteiger partial charge in [0, 0.05) is 26.2 Å². The number of carbonyl (C=O) groups excluding carboxylic acids is 1. The second-order valence-electron chi connectivity index (χ2n) is 6.79. The van der Waals surface area contributed by atoms with Crippen LogP contribution in [-0.4, -0.2) is 61.5 Å². The number of benzene rings is 1. The molecule has 2 aliphatic rings. The Kier molecular flexibility index (Phi) is 5.10. The maximum Gasteiger partial charge on any atom is 0.418 e. The molecule has 2 saturated heterocycles. The van der Waals surface area contributed by atoms with Crippen molar-refractivity contribution in [2.45, 2.75) is 25.1 Å². The maximum atomic E-state index is 13.3. The van der Waals surface area contributed by atoms with Crippen LogP contribution in [0.5, 0.6) is 0 Å². The predicted molar refractivity (Wildman–Crippen MR) is 90.6 cm³/mol. The molecule has 0 saturated carbocycles. The van der Waals surface area contributed by atoms with Crippen molar-refractivity contribution in [3.63, 3.8) is 0 Å². The molecule has 0 N–H and O–H groups in total. The molecular weight excluding hydrogens is 345 g/mol. The Morgan fingerprint density at radius 3 is 2.42 bits per heavy atom. The number of nitriles is 1. The lowest BCUT2D eigenvalue weighted by atomic mass is 10.1. The summed E-state index contributed by atoms with van der Waals surface area (Å²) in [6.07, 6.45) is -2.66. The Balaban J connectivity index is 1.74. The van der Waals surface area contributed by atoms with Crippen LogP contribution >= 0.6 is 0 Å². The van der Waals surface area contributed by atoms with Crippen LogP contribution in [0, 0.1) is 11.3 Å². The van der Waals surface area contributed by atoms with Crippen molar-refractivity contribution in [2.24, 2.45) is 0 Å². The molecule has 26 heavy (non-hydrogen) atoms. The van der Waals surface area contributed by atoms with Gasteiger partial charge in [0.15, 0.2) is 0 Å². The molecule has 8 heteroatoms. The standard InChI is InChI=1S/C18H21F3N4O/c1-23-6-2-3-15(23)17(26)25-9-7-24(8-10-25)16-11-13(12-22)4-5-14(16)18(19,20)21/h4-5,11,15H,2-3,6-10H2,1H3. The van der Waals surface area contributed by atoms with Gasteiger partial charge in [0.25, 0.3) is 0 Å². The highest BCUT2D eigenvalue weighted by Crippen LogP contribution is 2.37. The van der Waals surface area contributed by atoms with E-state index in [1.165, 1.54) is 12.1 Å². The fraction of sp³-hybridized carbons (Fsp3) is 0.556. The Morgan fingerprint density at radius 2 is 1.88 bits per heavy atom. The minimum atomic E-state index is -4.48. The molecule has 2 aliphatic heterocycles. The lowest BCUT2D eigenvalue weighted by Crippen LogP contribution is -2.53. The average molecular weight is 366 g/mol. The highest BCUT2D eigenvalue weighted by Gasteiger charge is 2.37. The van der Waals surface area contributed by atoms with Crippen molar-refractivity contribution in [2.75, 3.05) is 44.7 Å². The third kappa shape index (κ3) is 3.63. The molecule has 3 rings (SSSR count). The number of piperazine rings is 1. The van der Waals surface area contributed by atoms with Gasteiger partial charge in [-0.15, -0.1) is 0 Å². The van der Waals surface area contributed by atoms with Crippen LogP contribution < -0.4 is 4.90 Å². The topological polar surface area (TPSA) is 50.6 Å². The first-order valence-electron chi connectivity index (χ1n) is 8.66. The van der Waals surface area contributed by atoms with E-state index >= 15 is 0 Å². The second-order valence-corrected chi connectivity index (χ2v) is 6.79. The number of hydrogen-bond acceptors (Lipinski definition) is 4. The van der Waals surface area contributed by atoms with Crippen molar-refractivity contribution >= 4 is 11.6 Å². The molecule has 1 unspecified atom stereocenters. The van der Waals surface area contributed by atoms with E-state index < -0.39 is 11.7 Å². The number of likely N-dealkylation sites (tertiary alicyclic amines) is 1. The van der Waals surface area contributed by atoms with Crippen molar-refractivity contribution < 1.29 is 18.0 Å². The second kappa shape index (κ2) is 7.16. The number of carbonyl (C=O) groups is 1. The summed E-state index contributed by atoms with van der Waals surface area (Å²) in [4.78, 5) is 18.0. The smallest absolute Gasteiger partial charge is 0.367 e. The molecule has 0 aliphatic carbocycles. The Hall–Kier alpha value is -2.27. The number of alkyl halides is 3. The predicted octanol–water partition coefficient (Wildman–Crippen LogP) is 2.32. The fourth-order valence-corrected chi connectivity index (χ4v) is 3.70. The monoisotopic (exact) mass is 366 g/mol. The molecule has 2 fully saturated rings. The number of amides is 1. The lowest BCUT2D eigenvalue weighted by molar-refractivity contribution is -0.138. The Labute approximate surface area is 150 Å². The van der Waals surface area contributed by atoms with E-state index in [9.17, 15) is 18.0 Å². The summed E-state index contributed by atoms with van der Waals surface area (Å²) in [5, 5.41) is 9.01. The first kappa shape index (κ1) is 18.5. The molecule has 0 aromatic heterocycles. The van der Waals surface area contributed by atoms with Gasteiger partial charge in [0.1, 0.15) is 0 Å². The van der Waals surface area contributed by atoms with Crippen LogP contribution in [0.2, 0.25) is 0 Å². The molecule has 140 valence electrons. The van der Waals surface area contributed by atoms with Crippen molar-refractivity contribution in [3.05, 3.63) is 29.3 Å². The summed E-state index contributed by atoms with van der Waals surface area (Å²) in [6, 6.07) is 5.20.